The van der Waals surface area contributed by atoms with Gasteiger partial charge in [0.15, 0.2) is 12.4 Å². The largest absolute Gasteiger partial charge is 0.456 e. The van der Waals surface area contributed by atoms with Crippen LogP contribution in [0.4, 0.5) is 5.69 Å². The third kappa shape index (κ3) is 7.50. The molecule has 2 amide bonds. The van der Waals surface area contributed by atoms with Crippen molar-refractivity contribution in [3.05, 3.63) is 64.1 Å². The SMILES string of the molecule is CCCC(=O)Nc1ccc(C(=O)COC(=O)CNC(=O)c2cccc(Br)c2)cc1. The standard InChI is InChI=1S/C21H21BrN2O5/c1-2-4-19(26)24-17-9-7-14(8-10-17)18(25)13-29-20(27)12-23-21(28)15-5-3-6-16(22)11-15/h3,5-11H,2,4,12-13H2,1H3,(H,23,28)(H,24,26). The molecule has 0 spiro atoms. The van der Waals surface area contributed by atoms with Gasteiger partial charge in [0.1, 0.15) is 6.54 Å². The molecule has 8 heteroatoms. The highest BCUT2D eigenvalue weighted by Gasteiger charge is 2.12. The highest BCUT2D eigenvalue weighted by molar-refractivity contribution is 9.10. The lowest BCUT2D eigenvalue weighted by molar-refractivity contribution is -0.141. The van der Waals surface area contributed by atoms with Crippen molar-refractivity contribution in [2.45, 2.75) is 19.8 Å². The van der Waals surface area contributed by atoms with Crippen LogP contribution >= 0.6 is 15.9 Å². The summed E-state index contributed by atoms with van der Waals surface area (Å²) in [6.45, 7) is 1.13. The normalized spacial score (nSPS) is 10.1. The maximum atomic E-state index is 12.1. The summed E-state index contributed by atoms with van der Waals surface area (Å²) >= 11 is 3.27. The van der Waals surface area contributed by atoms with Crippen molar-refractivity contribution < 1.29 is 23.9 Å². The van der Waals surface area contributed by atoms with Crippen LogP contribution in [0.2, 0.25) is 0 Å². The van der Waals surface area contributed by atoms with Crippen LogP contribution < -0.4 is 10.6 Å². The molecule has 2 rings (SSSR count). The van der Waals surface area contributed by atoms with E-state index in [0.29, 0.717) is 23.2 Å². The highest BCUT2D eigenvalue weighted by atomic mass is 79.9. The summed E-state index contributed by atoms with van der Waals surface area (Å²) in [4.78, 5) is 47.4. The Labute approximate surface area is 176 Å². The first-order chi connectivity index (χ1) is 13.9. The Morgan fingerprint density at radius 2 is 1.72 bits per heavy atom. The van der Waals surface area contributed by atoms with Crippen LogP contribution in [0, 0.1) is 0 Å². The van der Waals surface area contributed by atoms with Gasteiger partial charge in [-0.3, -0.25) is 19.2 Å². The van der Waals surface area contributed by atoms with Crippen LogP contribution in [0.1, 0.15) is 40.5 Å². The van der Waals surface area contributed by atoms with E-state index in [1.54, 1.807) is 48.5 Å². The third-order valence-corrected chi connectivity index (χ3v) is 4.31. The Kier molecular flexibility index (Phi) is 8.54. The first-order valence-corrected chi connectivity index (χ1v) is 9.81. The number of ketones is 1. The maximum Gasteiger partial charge on any atom is 0.325 e. The summed E-state index contributed by atoms with van der Waals surface area (Å²) < 4.78 is 5.66. The number of halogens is 1. The highest BCUT2D eigenvalue weighted by Crippen LogP contribution is 2.12. The molecule has 152 valence electrons. The first kappa shape index (κ1) is 22.3. The molecule has 0 aliphatic rings. The average Bonchev–Trinajstić information content (AvgIpc) is 2.71. The molecule has 0 saturated heterocycles. The van der Waals surface area contributed by atoms with E-state index in [0.717, 1.165) is 10.9 Å². The second-order valence-electron chi connectivity index (χ2n) is 6.15. The number of ether oxygens (including phenoxy) is 1. The molecule has 2 aromatic rings. The molecule has 0 atom stereocenters. The van der Waals surface area contributed by atoms with Crippen molar-refractivity contribution >= 4 is 45.2 Å². The number of benzene rings is 2. The Balaban J connectivity index is 1.77. The fourth-order valence-electron chi connectivity index (χ4n) is 2.35. The van der Waals surface area contributed by atoms with Gasteiger partial charge in [0.2, 0.25) is 5.91 Å². The van der Waals surface area contributed by atoms with Crippen molar-refractivity contribution in [1.82, 2.24) is 5.32 Å². The number of nitrogens with one attached hydrogen (secondary N) is 2. The molecule has 0 radical (unpaired) electrons. The second-order valence-corrected chi connectivity index (χ2v) is 7.07. The number of amides is 2. The summed E-state index contributed by atoms with van der Waals surface area (Å²) in [6, 6.07) is 13.0. The molecule has 2 aromatic carbocycles. The molecular weight excluding hydrogens is 440 g/mol. The molecule has 0 saturated carbocycles. The smallest absolute Gasteiger partial charge is 0.325 e. The number of hydrogen-bond donors (Lipinski definition) is 2. The van der Waals surface area contributed by atoms with Gasteiger partial charge < -0.3 is 15.4 Å². The van der Waals surface area contributed by atoms with Crippen molar-refractivity contribution in [3.63, 3.8) is 0 Å². The van der Waals surface area contributed by atoms with E-state index in [4.69, 9.17) is 4.74 Å². The van der Waals surface area contributed by atoms with Gasteiger partial charge in [-0.15, -0.1) is 0 Å². The van der Waals surface area contributed by atoms with Crippen LogP contribution in [0.25, 0.3) is 0 Å². The predicted octanol–water partition coefficient (Wildman–Crippen LogP) is 3.34. The minimum atomic E-state index is -0.717. The number of esters is 1. The van der Waals surface area contributed by atoms with E-state index in [1.165, 1.54) is 0 Å². The molecule has 2 N–H and O–H groups in total. The van der Waals surface area contributed by atoms with Gasteiger partial charge in [0.05, 0.1) is 0 Å². The lowest BCUT2D eigenvalue weighted by Crippen LogP contribution is -2.31. The fourth-order valence-corrected chi connectivity index (χ4v) is 2.75. The lowest BCUT2D eigenvalue weighted by Gasteiger charge is -2.08. The number of hydrogen-bond acceptors (Lipinski definition) is 5. The van der Waals surface area contributed by atoms with E-state index in [-0.39, 0.29) is 18.2 Å². The van der Waals surface area contributed by atoms with Gasteiger partial charge in [-0.2, -0.15) is 0 Å². The summed E-state index contributed by atoms with van der Waals surface area (Å²) in [6.07, 6.45) is 1.17. The maximum absolute atomic E-state index is 12.1. The van der Waals surface area contributed by atoms with Crippen LogP contribution in [0.5, 0.6) is 0 Å². The fraction of sp³-hybridized carbons (Fsp3) is 0.238. The molecule has 0 fully saturated rings. The van der Waals surface area contributed by atoms with Gasteiger partial charge in [-0.05, 0) is 48.9 Å². The molecular formula is C21H21BrN2O5. The summed E-state index contributed by atoms with van der Waals surface area (Å²) in [5.41, 5.74) is 1.34. The first-order valence-electron chi connectivity index (χ1n) is 9.01. The number of Topliss-reactive ketones (excluding diaryl/α,β-unsaturated/α-hetero) is 1. The molecule has 0 unspecified atom stereocenters. The Morgan fingerprint density at radius 3 is 2.38 bits per heavy atom. The summed E-state index contributed by atoms with van der Waals surface area (Å²) in [5, 5.41) is 5.16. The monoisotopic (exact) mass is 460 g/mol. The topological polar surface area (TPSA) is 102 Å². The van der Waals surface area contributed by atoms with E-state index < -0.39 is 18.5 Å². The number of carbonyl (C=O) groups excluding carboxylic acids is 4. The van der Waals surface area contributed by atoms with Crippen molar-refractivity contribution in [1.29, 1.82) is 0 Å². The predicted molar refractivity (Wildman–Crippen MR) is 112 cm³/mol. The van der Waals surface area contributed by atoms with Gasteiger partial charge in [-0.1, -0.05) is 28.9 Å². The molecule has 0 heterocycles. The van der Waals surface area contributed by atoms with Crippen LogP contribution in [0.15, 0.2) is 53.0 Å². The average molecular weight is 461 g/mol. The van der Waals surface area contributed by atoms with E-state index in [2.05, 4.69) is 26.6 Å². The molecule has 0 aromatic heterocycles. The van der Waals surface area contributed by atoms with Gasteiger partial charge in [0.25, 0.3) is 5.91 Å². The third-order valence-electron chi connectivity index (χ3n) is 3.81. The Hall–Kier alpha value is -3.00. The summed E-state index contributed by atoms with van der Waals surface area (Å²) in [5.74, 6) is -1.62. The minimum Gasteiger partial charge on any atom is -0.456 e. The van der Waals surface area contributed by atoms with Crippen molar-refractivity contribution in [2.75, 3.05) is 18.5 Å². The zero-order chi connectivity index (χ0) is 21.2. The van der Waals surface area contributed by atoms with E-state index >= 15 is 0 Å². The van der Waals surface area contributed by atoms with Gasteiger partial charge >= 0.3 is 5.97 Å². The Bertz CT molecular complexity index is 896. The second kappa shape index (κ2) is 11.1. The molecule has 0 aliphatic carbocycles. The Morgan fingerprint density at radius 1 is 1.00 bits per heavy atom. The summed E-state index contributed by atoms with van der Waals surface area (Å²) in [7, 11) is 0. The molecule has 0 aliphatic heterocycles. The number of rotatable bonds is 9. The minimum absolute atomic E-state index is 0.0922. The van der Waals surface area contributed by atoms with E-state index in [1.807, 2.05) is 6.92 Å². The quantitative estimate of drug-likeness (QED) is 0.441. The van der Waals surface area contributed by atoms with Crippen LogP contribution in [0.3, 0.4) is 0 Å². The number of anilines is 1. The van der Waals surface area contributed by atoms with Crippen LogP contribution in [-0.4, -0.2) is 36.7 Å². The zero-order valence-corrected chi connectivity index (χ0v) is 17.5. The van der Waals surface area contributed by atoms with Crippen LogP contribution in [-0.2, 0) is 14.3 Å². The molecule has 29 heavy (non-hydrogen) atoms. The van der Waals surface area contributed by atoms with E-state index in [9.17, 15) is 19.2 Å². The van der Waals surface area contributed by atoms with Gasteiger partial charge in [-0.25, -0.2) is 0 Å². The van der Waals surface area contributed by atoms with Crippen molar-refractivity contribution in [3.8, 4) is 0 Å². The van der Waals surface area contributed by atoms with Gasteiger partial charge in [0, 0.05) is 27.7 Å². The molecule has 0 bridgehead atoms. The number of carbonyl (C=O) groups is 4. The van der Waals surface area contributed by atoms with Crippen molar-refractivity contribution in [2.24, 2.45) is 0 Å². The molecule has 7 nitrogen and oxygen atoms in total. The lowest BCUT2D eigenvalue weighted by atomic mass is 10.1. The zero-order valence-electron chi connectivity index (χ0n) is 15.9.